The second kappa shape index (κ2) is 5.00. The van der Waals surface area contributed by atoms with Crippen LogP contribution in [0.15, 0.2) is 11.4 Å². The summed E-state index contributed by atoms with van der Waals surface area (Å²) in [7, 11) is 0. The van der Waals surface area contributed by atoms with E-state index in [0.717, 1.165) is 17.7 Å². The monoisotopic (exact) mass is 194 g/mol. The van der Waals surface area contributed by atoms with E-state index in [1.807, 2.05) is 6.07 Å². The third kappa shape index (κ3) is 2.83. The summed E-state index contributed by atoms with van der Waals surface area (Å²) >= 11 is 1.63. The highest BCUT2D eigenvalue weighted by molar-refractivity contribution is 7.10. The van der Waals surface area contributed by atoms with Gasteiger partial charge in [0.1, 0.15) is 0 Å². The molecular formula is C10H14N2S. The summed E-state index contributed by atoms with van der Waals surface area (Å²) in [5.74, 6) is 0. The number of thiophene rings is 1. The molecule has 3 heteroatoms. The molecule has 2 N–H and O–H groups in total. The first kappa shape index (κ1) is 10.2. The molecule has 1 unspecified atom stereocenters. The molecule has 0 saturated heterocycles. The lowest BCUT2D eigenvalue weighted by molar-refractivity contribution is 0.640. The smallest absolute Gasteiger partial charge is 0.0695 e. The lowest BCUT2D eigenvalue weighted by Crippen LogP contribution is -2.08. The van der Waals surface area contributed by atoms with Crippen LogP contribution in [0.5, 0.6) is 0 Å². The molecule has 0 radical (unpaired) electrons. The predicted octanol–water partition coefficient (Wildman–Crippen LogP) is 2.61. The summed E-state index contributed by atoms with van der Waals surface area (Å²) in [6.07, 6.45) is 2.62. The minimum absolute atomic E-state index is 0.147. The Morgan fingerprint density at radius 3 is 3.08 bits per heavy atom. The van der Waals surface area contributed by atoms with Gasteiger partial charge in [0.15, 0.2) is 0 Å². The Balaban J connectivity index is 2.63. The zero-order valence-corrected chi connectivity index (χ0v) is 8.60. The molecule has 70 valence electrons. The van der Waals surface area contributed by atoms with Gasteiger partial charge in [0.05, 0.1) is 12.5 Å². The van der Waals surface area contributed by atoms with Crippen LogP contribution in [0.25, 0.3) is 0 Å². The van der Waals surface area contributed by atoms with E-state index in [-0.39, 0.29) is 6.04 Å². The minimum Gasteiger partial charge on any atom is -0.324 e. The lowest BCUT2D eigenvalue weighted by Gasteiger charge is -2.06. The van der Waals surface area contributed by atoms with Crippen LogP contribution in [0.2, 0.25) is 0 Å². The van der Waals surface area contributed by atoms with Crippen LogP contribution in [0.3, 0.4) is 0 Å². The third-order valence-electron chi connectivity index (χ3n) is 1.96. The molecule has 1 rings (SSSR count). The van der Waals surface area contributed by atoms with Crippen LogP contribution in [0.1, 0.15) is 36.2 Å². The molecule has 0 spiro atoms. The van der Waals surface area contributed by atoms with Crippen molar-refractivity contribution in [2.75, 3.05) is 0 Å². The van der Waals surface area contributed by atoms with Crippen molar-refractivity contribution in [3.8, 4) is 6.07 Å². The first-order valence-electron chi connectivity index (χ1n) is 4.47. The fourth-order valence-electron chi connectivity index (χ4n) is 1.24. The summed E-state index contributed by atoms with van der Waals surface area (Å²) < 4.78 is 0. The van der Waals surface area contributed by atoms with Crippen molar-refractivity contribution in [2.24, 2.45) is 5.73 Å². The van der Waals surface area contributed by atoms with Gasteiger partial charge in [-0.3, -0.25) is 0 Å². The summed E-state index contributed by atoms with van der Waals surface area (Å²) in [5, 5.41) is 10.6. The van der Waals surface area contributed by atoms with E-state index in [4.69, 9.17) is 11.0 Å². The van der Waals surface area contributed by atoms with E-state index in [1.54, 1.807) is 11.3 Å². The zero-order chi connectivity index (χ0) is 9.68. The maximum Gasteiger partial charge on any atom is 0.0695 e. The van der Waals surface area contributed by atoms with Crippen LogP contribution in [-0.4, -0.2) is 0 Å². The van der Waals surface area contributed by atoms with E-state index in [0.29, 0.717) is 6.42 Å². The van der Waals surface area contributed by atoms with Crippen molar-refractivity contribution in [3.63, 3.8) is 0 Å². The summed E-state index contributed by atoms with van der Waals surface area (Å²) in [5.41, 5.74) is 7.12. The number of hydrogen-bond donors (Lipinski definition) is 1. The van der Waals surface area contributed by atoms with E-state index in [2.05, 4.69) is 18.4 Å². The fraction of sp³-hybridized carbons (Fsp3) is 0.500. The molecule has 13 heavy (non-hydrogen) atoms. The van der Waals surface area contributed by atoms with Crippen LogP contribution in [0.4, 0.5) is 0 Å². The number of rotatable bonds is 4. The molecular weight excluding hydrogens is 180 g/mol. The molecule has 1 aromatic heterocycles. The van der Waals surface area contributed by atoms with Crippen molar-refractivity contribution in [1.29, 1.82) is 5.26 Å². The second-order valence-corrected chi connectivity index (χ2v) is 4.07. The second-order valence-electron chi connectivity index (χ2n) is 3.08. The maximum absolute atomic E-state index is 8.50. The number of nitrogens with two attached hydrogens (primary N) is 1. The number of hydrogen-bond acceptors (Lipinski definition) is 3. The number of nitrogens with zero attached hydrogens (tertiary/aromatic N) is 1. The molecule has 0 amide bonds. The van der Waals surface area contributed by atoms with Crippen molar-refractivity contribution in [1.82, 2.24) is 0 Å². The van der Waals surface area contributed by atoms with Crippen molar-refractivity contribution < 1.29 is 0 Å². The molecule has 1 atom stereocenters. The average molecular weight is 194 g/mol. The van der Waals surface area contributed by atoms with Gasteiger partial charge in [-0.1, -0.05) is 13.3 Å². The van der Waals surface area contributed by atoms with Gasteiger partial charge in [-0.2, -0.15) is 5.26 Å². The molecule has 0 aliphatic rings. The first-order chi connectivity index (χ1) is 6.27. The Kier molecular flexibility index (Phi) is 3.94. The Labute approximate surface area is 83.0 Å². The molecule has 1 aromatic rings. The Bertz CT molecular complexity index is 298. The highest BCUT2D eigenvalue weighted by atomic mass is 32.1. The van der Waals surface area contributed by atoms with Crippen LogP contribution >= 0.6 is 11.3 Å². The molecule has 0 aliphatic heterocycles. The van der Waals surface area contributed by atoms with Crippen LogP contribution in [0, 0.1) is 11.3 Å². The number of nitriles is 1. The lowest BCUT2D eigenvalue weighted by atomic mass is 10.1. The van der Waals surface area contributed by atoms with Gasteiger partial charge in [-0.05, 0) is 23.4 Å². The van der Waals surface area contributed by atoms with Crippen molar-refractivity contribution in [3.05, 3.63) is 21.9 Å². The zero-order valence-electron chi connectivity index (χ0n) is 7.79. The maximum atomic E-state index is 8.50. The molecule has 2 nitrogen and oxygen atoms in total. The van der Waals surface area contributed by atoms with Gasteiger partial charge in [0.25, 0.3) is 0 Å². The Hall–Kier alpha value is -0.850. The molecule has 0 aliphatic carbocycles. The summed E-state index contributed by atoms with van der Waals surface area (Å²) in [4.78, 5) is 1.11. The molecule has 0 aromatic carbocycles. The molecule has 0 bridgehead atoms. The molecule has 0 fully saturated rings. The van der Waals surface area contributed by atoms with Crippen molar-refractivity contribution in [2.45, 2.75) is 32.2 Å². The standard InChI is InChI=1S/C10H14N2S/c1-2-3-10(12)8-6-9(4-5-11)13-7-8/h6-7,10H,2-4,12H2,1H3. The Morgan fingerprint density at radius 1 is 1.69 bits per heavy atom. The fourth-order valence-corrected chi connectivity index (χ4v) is 2.12. The van der Waals surface area contributed by atoms with E-state index in [9.17, 15) is 0 Å². The van der Waals surface area contributed by atoms with Crippen LogP contribution in [-0.2, 0) is 6.42 Å². The third-order valence-corrected chi connectivity index (χ3v) is 2.91. The van der Waals surface area contributed by atoms with Gasteiger partial charge in [0, 0.05) is 10.9 Å². The first-order valence-corrected chi connectivity index (χ1v) is 5.35. The summed E-state index contributed by atoms with van der Waals surface area (Å²) in [6, 6.07) is 4.33. The predicted molar refractivity (Wildman–Crippen MR) is 55.5 cm³/mol. The molecule has 0 saturated carbocycles. The quantitative estimate of drug-likeness (QED) is 0.801. The normalized spacial score (nSPS) is 12.4. The average Bonchev–Trinajstić information content (AvgIpc) is 2.54. The van der Waals surface area contributed by atoms with Gasteiger partial charge < -0.3 is 5.73 Å². The van der Waals surface area contributed by atoms with Gasteiger partial charge >= 0.3 is 0 Å². The SMILES string of the molecule is CCCC(N)c1csc(CC#N)c1. The van der Waals surface area contributed by atoms with Crippen molar-refractivity contribution >= 4 is 11.3 Å². The Morgan fingerprint density at radius 2 is 2.46 bits per heavy atom. The highest BCUT2D eigenvalue weighted by Gasteiger charge is 2.06. The van der Waals surface area contributed by atoms with Gasteiger partial charge in [-0.25, -0.2) is 0 Å². The van der Waals surface area contributed by atoms with E-state index >= 15 is 0 Å². The highest BCUT2D eigenvalue weighted by Crippen LogP contribution is 2.22. The van der Waals surface area contributed by atoms with E-state index in [1.165, 1.54) is 5.56 Å². The van der Waals surface area contributed by atoms with Crippen LogP contribution < -0.4 is 5.73 Å². The topological polar surface area (TPSA) is 49.8 Å². The van der Waals surface area contributed by atoms with Gasteiger partial charge in [0.2, 0.25) is 0 Å². The largest absolute Gasteiger partial charge is 0.324 e. The molecule has 1 heterocycles. The van der Waals surface area contributed by atoms with Gasteiger partial charge in [-0.15, -0.1) is 11.3 Å². The minimum atomic E-state index is 0.147. The van der Waals surface area contributed by atoms with E-state index < -0.39 is 0 Å². The summed E-state index contributed by atoms with van der Waals surface area (Å²) in [6.45, 7) is 2.13.